The number of aromatic hydroxyl groups is 1. The molecule has 0 aliphatic rings. The van der Waals surface area contributed by atoms with E-state index in [2.05, 4.69) is 4.90 Å². The predicted molar refractivity (Wildman–Crippen MR) is 56.9 cm³/mol. The number of rotatable bonds is 4. The molecule has 1 N–H and O–H groups in total. The van der Waals surface area contributed by atoms with Gasteiger partial charge in [-0.1, -0.05) is 0 Å². The lowest BCUT2D eigenvalue weighted by atomic mass is 10.1. The molecule has 0 heterocycles. The summed E-state index contributed by atoms with van der Waals surface area (Å²) in [5.74, 6) is 1.13. The normalized spacial score (nSPS) is 10.6. The lowest BCUT2D eigenvalue weighted by Crippen LogP contribution is -2.15. The van der Waals surface area contributed by atoms with Crippen LogP contribution < -0.4 is 4.74 Å². The average Bonchev–Trinajstić information content (AvgIpc) is 2.16. The molecule has 0 radical (unpaired) electrons. The van der Waals surface area contributed by atoms with Crippen molar-refractivity contribution < 1.29 is 9.84 Å². The van der Waals surface area contributed by atoms with Crippen LogP contribution in [0.1, 0.15) is 5.56 Å². The fraction of sp³-hybridized carbons (Fsp3) is 0.455. The molecule has 0 atom stereocenters. The minimum absolute atomic E-state index is 0.340. The van der Waals surface area contributed by atoms with E-state index in [-0.39, 0.29) is 0 Å². The molecule has 0 aliphatic carbocycles. The van der Waals surface area contributed by atoms with E-state index < -0.39 is 0 Å². The molecule has 1 aromatic rings. The molecular weight excluding hydrogens is 178 g/mol. The van der Waals surface area contributed by atoms with E-state index in [0.717, 1.165) is 24.3 Å². The monoisotopic (exact) mass is 195 g/mol. The van der Waals surface area contributed by atoms with Crippen LogP contribution in [0.3, 0.4) is 0 Å². The SMILES string of the molecule is COc1ccc(O)c(CCN(C)C)c1. The zero-order chi connectivity index (χ0) is 10.6. The summed E-state index contributed by atoms with van der Waals surface area (Å²) in [4.78, 5) is 2.08. The third-order valence-corrected chi connectivity index (χ3v) is 2.12. The molecule has 1 aromatic carbocycles. The van der Waals surface area contributed by atoms with Crippen LogP contribution in [-0.4, -0.2) is 37.8 Å². The van der Waals surface area contributed by atoms with E-state index in [0.29, 0.717) is 5.75 Å². The van der Waals surface area contributed by atoms with Gasteiger partial charge in [0.05, 0.1) is 7.11 Å². The smallest absolute Gasteiger partial charge is 0.119 e. The summed E-state index contributed by atoms with van der Waals surface area (Å²) in [5, 5.41) is 9.57. The van der Waals surface area contributed by atoms with Gasteiger partial charge in [0.15, 0.2) is 0 Å². The van der Waals surface area contributed by atoms with Gasteiger partial charge in [-0.15, -0.1) is 0 Å². The Kier molecular flexibility index (Phi) is 3.77. The summed E-state index contributed by atoms with van der Waals surface area (Å²) >= 11 is 0. The van der Waals surface area contributed by atoms with Crippen molar-refractivity contribution in [2.24, 2.45) is 0 Å². The van der Waals surface area contributed by atoms with Gasteiger partial charge in [0.1, 0.15) is 11.5 Å². The van der Waals surface area contributed by atoms with Crippen molar-refractivity contribution >= 4 is 0 Å². The Labute approximate surface area is 84.9 Å². The number of methoxy groups -OCH3 is 1. The Morgan fingerprint density at radius 2 is 2.07 bits per heavy atom. The quantitative estimate of drug-likeness (QED) is 0.790. The van der Waals surface area contributed by atoms with Crippen molar-refractivity contribution in [3.63, 3.8) is 0 Å². The number of ether oxygens (including phenoxy) is 1. The zero-order valence-corrected chi connectivity index (χ0v) is 8.95. The van der Waals surface area contributed by atoms with Crippen LogP contribution in [0.2, 0.25) is 0 Å². The van der Waals surface area contributed by atoms with Crippen molar-refractivity contribution in [2.75, 3.05) is 27.7 Å². The van der Waals surface area contributed by atoms with Gasteiger partial charge in [-0.25, -0.2) is 0 Å². The highest BCUT2D eigenvalue weighted by molar-refractivity contribution is 5.39. The summed E-state index contributed by atoms with van der Waals surface area (Å²) in [7, 11) is 5.65. The summed E-state index contributed by atoms with van der Waals surface area (Å²) in [6, 6.07) is 5.30. The Morgan fingerprint density at radius 1 is 1.36 bits per heavy atom. The molecule has 0 amide bonds. The Hall–Kier alpha value is -1.22. The second kappa shape index (κ2) is 4.86. The molecule has 0 unspecified atom stereocenters. The lowest BCUT2D eigenvalue weighted by molar-refractivity contribution is 0.398. The van der Waals surface area contributed by atoms with Crippen LogP contribution >= 0.6 is 0 Å². The molecule has 0 aliphatic heterocycles. The van der Waals surface area contributed by atoms with Gasteiger partial charge in [0.25, 0.3) is 0 Å². The zero-order valence-electron chi connectivity index (χ0n) is 8.95. The van der Waals surface area contributed by atoms with Gasteiger partial charge in [-0.05, 0) is 44.3 Å². The minimum Gasteiger partial charge on any atom is -0.508 e. The summed E-state index contributed by atoms with van der Waals surface area (Å²) in [5.41, 5.74) is 0.929. The number of likely N-dealkylation sites (N-methyl/N-ethyl adjacent to an activating group) is 1. The molecule has 0 aromatic heterocycles. The number of benzene rings is 1. The highest BCUT2D eigenvalue weighted by Crippen LogP contribution is 2.23. The summed E-state index contributed by atoms with van der Waals surface area (Å²) in [6.45, 7) is 0.917. The highest BCUT2D eigenvalue weighted by atomic mass is 16.5. The molecule has 0 saturated heterocycles. The van der Waals surface area contributed by atoms with Crippen molar-refractivity contribution in [1.29, 1.82) is 0 Å². The third kappa shape index (κ3) is 2.92. The number of nitrogens with zero attached hydrogens (tertiary/aromatic N) is 1. The first-order valence-corrected chi connectivity index (χ1v) is 4.64. The Bertz CT molecular complexity index is 297. The standard InChI is InChI=1S/C11H17NO2/c1-12(2)7-6-9-8-10(14-3)4-5-11(9)13/h4-5,8,13H,6-7H2,1-3H3. The fourth-order valence-electron chi connectivity index (χ4n) is 1.23. The van der Waals surface area contributed by atoms with Crippen LogP contribution in [0, 0.1) is 0 Å². The maximum Gasteiger partial charge on any atom is 0.119 e. The van der Waals surface area contributed by atoms with Crippen LogP contribution in [-0.2, 0) is 6.42 Å². The van der Waals surface area contributed by atoms with E-state index in [1.807, 2.05) is 20.2 Å². The summed E-state index contributed by atoms with van der Waals surface area (Å²) < 4.78 is 5.09. The number of phenolic OH excluding ortho intramolecular Hbond substituents is 1. The topological polar surface area (TPSA) is 32.7 Å². The van der Waals surface area contributed by atoms with E-state index >= 15 is 0 Å². The van der Waals surface area contributed by atoms with Crippen molar-refractivity contribution in [3.8, 4) is 11.5 Å². The van der Waals surface area contributed by atoms with Crippen molar-refractivity contribution in [3.05, 3.63) is 23.8 Å². The molecule has 3 heteroatoms. The predicted octanol–water partition coefficient (Wildman–Crippen LogP) is 1.50. The number of hydrogen-bond donors (Lipinski definition) is 1. The molecule has 1 rings (SSSR count). The maximum atomic E-state index is 9.57. The van der Waals surface area contributed by atoms with Crippen molar-refractivity contribution in [2.45, 2.75) is 6.42 Å². The van der Waals surface area contributed by atoms with Crippen LogP contribution in [0.15, 0.2) is 18.2 Å². The van der Waals surface area contributed by atoms with Crippen LogP contribution in [0.25, 0.3) is 0 Å². The van der Waals surface area contributed by atoms with Gasteiger partial charge in [-0.3, -0.25) is 0 Å². The first-order chi connectivity index (χ1) is 6.63. The first-order valence-electron chi connectivity index (χ1n) is 4.64. The molecular formula is C11H17NO2. The summed E-state index contributed by atoms with van der Waals surface area (Å²) in [6.07, 6.45) is 0.829. The van der Waals surface area contributed by atoms with Gasteiger partial charge < -0.3 is 14.7 Å². The second-order valence-electron chi connectivity index (χ2n) is 3.55. The number of hydrogen-bond acceptors (Lipinski definition) is 3. The first kappa shape index (κ1) is 10.9. The van der Waals surface area contributed by atoms with E-state index in [4.69, 9.17) is 4.74 Å². The fourth-order valence-corrected chi connectivity index (χ4v) is 1.23. The molecule has 0 saturated carbocycles. The van der Waals surface area contributed by atoms with Crippen molar-refractivity contribution in [1.82, 2.24) is 4.90 Å². The van der Waals surface area contributed by atoms with E-state index in [9.17, 15) is 5.11 Å². The van der Waals surface area contributed by atoms with Gasteiger partial charge in [0.2, 0.25) is 0 Å². The maximum absolute atomic E-state index is 9.57. The molecule has 0 fully saturated rings. The molecule has 78 valence electrons. The van der Waals surface area contributed by atoms with Gasteiger partial charge in [0, 0.05) is 6.54 Å². The van der Waals surface area contributed by atoms with Gasteiger partial charge >= 0.3 is 0 Å². The second-order valence-corrected chi connectivity index (χ2v) is 3.55. The highest BCUT2D eigenvalue weighted by Gasteiger charge is 2.03. The minimum atomic E-state index is 0.340. The van der Waals surface area contributed by atoms with Crippen LogP contribution in [0.4, 0.5) is 0 Å². The lowest BCUT2D eigenvalue weighted by Gasteiger charge is -2.11. The average molecular weight is 195 g/mol. The molecule has 0 bridgehead atoms. The molecule has 3 nitrogen and oxygen atoms in total. The largest absolute Gasteiger partial charge is 0.508 e. The van der Waals surface area contributed by atoms with E-state index in [1.165, 1.54) is 0 Å². The van der Waals surface area contributed by atoms with Gasteiger partial charge in [-0.2, -0.15) is 0 Å². The molecule has 0 spiro atoms. The van der Waals surface area contributed by atoms with Crippen LogP contribution in [0.5, 0.6) is 11.5 Å². The van der Waals surface area contributed by atoms with E-state index in [1.54, 1.807) is 19.2 Å². The Morgan fingerprint density at radius 3 is 2.64 bits per heavy atom. The molecule has 14 heavy (non-hydrogen) atoms. The third-order valence-electron chi connectivity index (χ3n) is 2.12. The Balaban J connectivity index is 2.73. The number of phenols is 1.